The Morgan fingerprint density at radius 1 is 0.325 bits per heavy atom. The first-order chi connectivity index (χ1) is 18.4. The van der Waals surface area contributed by atoms with Gasteiger partial charge >= 0.3 is 47.8 Å². The molecule has 18 heteroatoms. The van der Waals surface area contributed by atoms with Gasteiger partial charge in [0.1, 0.15) is 0 Å². The first-order valence-corrected chi connectivity index (χ1v) is 9.65. The van der Waals surface area contributed by atoms with Crippen LogP contribution in [0.4, 0.5) is 0 Å². The SMILES string of the molecule is O=C(O)C(=O)c1c(C(=O)O)c(C(=O)O)c(C(=O)O)c(C(=O)O)c1C(=O)C(=O)O.O=C(O)c1ccc(C(=O)O)cc1. The van der Waals surface area contributed by atoms with E-state index in [4.69, 9.17) is 30.6 Å². The molecule has 0 aliphatic heterocycles. The normalized spacial score (nSPS) is 9.80. The van der Waals surface area contributed by atoms with Gasteiger partial charge in [-0.3, -0.25) is 9.59 Å². The molecule has 2 aromatic carbocycles. The van der Waals surface area contributed by atoms with Crippen LogP contribution in [0.25, 0.3) is 0 Å². The summed E-state index contributed by atoms with van der Waals surface area (Å²) in [6.07, 6.45) is 0. The fraction of sp³-hybridized carbons (Fsp3) is 0. The number of aromatic carboxylic acids is 6. The molecule has 0 atom stereocenters. The van der Waals surface area contributed by atoms with Gasteiger partial charge in [-0.05, 0) is 24.3 Å². The average Bonchev–Trinajstić information content (AvgIpc) is 2.85. The van der Waals surface area contributed by atoms with Crippen molar-refractivity contribution >= 4 is 59.3 Å². The fourth-order valence-corrected chi connectivity index (χ4v) is 3.03. The van der Waals surface area contributed by atoms with E-state index in [-0.39, 0.29) is 11.1 Å². The number of Topliss-reactive ketones (excluding diaryl/α,β-unsaturated/α-hetero) is 2. The predicted octanol–water partition coefficient (Wildman–Crippen LogP) is 0.0970. The quantitative estimate of drug-likeness (QED) is 0.140. The maximum Gasteiger partial charge on any atom is 0.377 e. The highest BCUT2D eigenvalue weighted by atomic mass is 16.4. The van der Waals surface area contributed by atoms with Crippen LogP contribution in [0.15, 0.2) is 24.3 Å². The van der Waals surface area contributed by atoms with Crippen molar-refractivity contribution in [2.75, 3.05) is 0 Å². The van der Waals surface area contributed by atoms with E-state index >= 15 is 0 Å². The van der Waals surface area contributed by atoms with Crippen molar-refractivity contribution in [1.29, 1.82) is 0 Å². The topological polar surface area (TPSA) is 333 Å². The monoisotopic (exact) mass is 564 g/mol. The molecule has 0 aromatic heterocycles. The largest absolute Gasteiger partial charge is 0.478 e. The molecule has 208 valence electrons. The summed E-state index contributed by atoms with van der Waals surface area (Å²) in [5, 5.41) is 71.3. The highest BCUT2D eigenvalue weighted by Crippen LogP contribution is 2.31. The molecule has 0 heterocycles. The molecule has 0 radical (unpaired) electrons. The van der Waals surface area contributed by atoms with Crippen LogP contribution >= 0.6 is 0 Å². The summed E-state index contributed by atoms with van der Waals surface area (Å²) in [4.78, 5) is 112. The number of hydrogen-bond donors (Lipinski definition) is 8. The van der Waals surface area contributed by atoms with Crippen molar-refractivity contribution in [2.24, 2.45) is 0 Å². The van der Waals surface area contributed by atoms with E-state index in [1.54, 1.807) is 0 Å². The number of hydrogen-bond acceptors (Lipinski definition) is 10. The van der Waals surface area contributed by atoms with Crippen LogP contribution in [-0.2, 0) is 9.59 Å². The van der Waals surface area contributed by atoms with Gasteiger partial charge in [-0.25, -0.2) is 38.4 Å². The molecule has 0 saturated carbocycles. The second-order valence-corrected chi connectivity index (χ2v) is 6.93. The molecule has 40 heavy (non-hydrogen) atoms. The first-order valence-electron chi connectivity index (χ1n) is 9.65. The highest BCUT2D eigenvalue weighted by molar-refractivity contribution is 6.49. The number of carboxylic acids is 8. The number of carbonyl (C=O) groups excluding carboxylic acids is 2. The summed E-state index contributed by atoms with van der Waals surface area (Å²) in [5.74, 6) is -21.5. The van der Waals surface area contributed by atoms with Crippen molar-refractivity contribution in [3.05, 3.63) is 68.8 Å². The summed E-state index contributed by atoms with van der Waals surface area (Å²) in [6.45, 7) is 0. The van der Waals surface area contributed by atoms with Crippen molar-refractivity contribution in [3.63, 3.8) is 0 Å². The van der Waals surface area contributed by atoms with E-state index in [0.29, 0.717) is 0 Å². The molecule has 0 spiro atoms. The molecule has 0 aliphatic rings. The minimum Gasteiger partial charge on any atom is -0.478 e. The van der Waals surface area contributed by atoms with Gasteiger partial charge in [-0.2, -0.15) is 0 Å². The predicted molar refractivity (Wildman–Crippen MR) is 119 cm³/mol. The third kappa shape index (κ3) is 6.45. The van der Waals surface area contributed by atoms with E-state index in [2.05, 4.69) is 0 Å². The molecular formula is C22H12O18. The lowest BCUT2D eigenvalue weighted by molar-refractivity contribution is -0.132. The molecule has 0 saturated heterocycles. The third-order valence-electron chi connectivity index (χ3n) is 4.58. The standard InChI is InChI=1S/C14H6O14.C8H6O4/c15-7(13(25)26)1-2(8(16)14(27)28)4(10(19)20)6(12(23)24)5(11(21)22)3(1)9(17)18;9-7(10)5-1-2-6(4-3-5)8(11)12/h(H,17,18)(H,19,20)(H,21,22)(H,23,24)(H,25,26)(H,27,28);1-4H,(H,9,10)(H,11,12). The van der Waals surface area contributed by atoms with Crippen molar-refractivity contribution < 1.29 is 88.8 Å². The summed E-state index contributed by atoms with van der Waals surface area (Å²) < 4.78 is 0. The minimum absolute atomic E-state index is 0.0833. The summed E-state index contributed by atoms with van der Waals surface area (Å²) in [5.41, 5.74) is -11.0. The van der Waals surface area contributed by atoms with Gasteiger partial charge in [-0.1, -0.05) is 0 Å². The molecule has 8 N–H and O–H groups in total. The maximum atomic E-state index is 11.9. The van der Waals surface area contributed by atoms with E-state index in [9.17, 15) is 58.2 Å². The van der Waals surface area contributed by atoms with Gasteiger partial charge in [0.2, 0.25) is 0 Å². The number of carbonyl (C=O) groups is 10. The average molecular weight is 564 g/mol. The molecule has 2 rings (SSSR count). The van der Waals surface area contributed by atoms with E-state index < -0.39 is 92.7 Å². The van der Waals surface area contributed by atoms with Crippen LogP contribution in [0.2, 0.25) is 0 Å². The lowest BCUT2D eigenvalue weighted by Gasteiger charge is -2.17. The smallest absolute Gasteiger partial charge is 0.377 e. The Bertz CT molecular complexity index is 1410. The second kappa shape index (κ2) is 12.2. The highest BCUT2D eigenvalue weighted by Gasteiger charge is 2.42. The maximum absolute atomic E-state index is 11.9. The summed E-state index contributed by atoms with van der Waals surface area (Å²) >= 11 is 0. The Hall–Kier alpha value is -6.46. The molecule has 0 bridgehead atoms. The molecule has 0 aliphatic carbocycles. The van der Waals surface area contributed by atoms with Gasteiger partial charge in [0.25, 0.3) is 11.6 Å². The van der Waals surface area contributed by atoms with E-state index in [1.165, 1.54) is 24.3 Å². The van der Waals surface area contributed by atoms with Gasteiger partial charge < -0.3 is 40.9 Å². The van der Waals surface area contributed by atoms with E-state index in [1.807, 2.05) is 0 Å². The number of benzene rings is 2. The Balaban J connectivity index is 0.000000552. The molecule has 2 aromatic rings. The van der Waals surface area contributed by atoms with Crippen LogP contribution < -0.4 is 0 Å². The molecular weight excluding hydrogens is 552 g/mol. The molecule has 18 nitrogen and oxygen atoms in total. The Labute approximate surface area is 217 Å². The number of carboxylic acid groups (broad SMARTS) is 8. The van der Waals surface area contributed by atoms with Crippen LogP contribution in [0.1, 0.15) is 82.9 Å². The van der Waals surface area contributed by atoms with Crippen LogP contribution in [0.5, 0.6) is 0 Å². The van der Waals surface area contributed by atoms with Gasteiger partial charge in [-0.15, -0.1) is 0 Å². The Morgan fingerprint density at radius 3 is 0.675 bits per heavy atom. The number of rotatable bonds is 10. The lowest BCUT2D eigenvalue weighted by Crippen LogP contribution is -2.31. The van der Waals surface area contributed by atoms with Crippen LogP contribution in [0.3, 0.4) is 0 Å². The number of ketones is 2. The van der Waals surface area contributed by atoms with Gasteiger partial charge in [0.05, 0.1) is 44.5 Å². The van der Waals surface area contributed by atoms with Gasteiger partial charge in [0, 0.05) is 0 Å². The molecule has 0 fully saturated rings. The molecule has 0 unspecified atom stereocenters. The third-order valence-corrected chi connectivity index (χ3v) is 4.58. The van der Waals surface area contributed by atoms with E-state index in [0.717, 1.165) is 0 Å². The Morgan fingerprint density at radius 2 is 0.525 bits per heavy atom. The Kier molecular flexibility index (Phi) is 9.62. The first kappa shape index (κ1) is 31.6. The van der Waals surface area contributed by atoms with Crippen LogP contribution in [0, 0.1) is 0 Å². The zero-order valence-corrected chi connectivity index (χ0v) is 19.0. The van der Waals surface area contributed by atoms with Gasteiger partial charge in [0.15, 0.2) is 0 Å². The zero-order chi connectivity index (χ0) is 31.2. The van der Waals surface area contributed by atoms with Crippen LogP contribution in [-0.4, -0.2) is 100 Å². The zero-order valence-electron chi connectivity index (χ0n) is 19.0. The van der Waals surface area contributed by atoms with Crippen molar-refractivity contribution in [1.82, 2.24) is 0 Å². The molecule has 0 amide bonds. The number of aliphatic carboxylic acids is 2. The summed E-state index contributed by atoms with van der Waals surface area (Å²) in [6, 6.07) is 5.02. The van der Waals surface area contributed by atoms with Crippen molar-refractivity contribution in [3.8, 4) is 0 Å². The second-order valence-electron chi connectivity index (χ2n) is 6.93. The fourth-order valence-electron chi connectivity index (χ4n) is 3.03. The lowest BCUT2D eigenvalue weighted by atomic mass is 9.82. The summed E-state index contributed by atoms with van der Waals surface area (Å²) in [7, 11) is 0. The minimum atomic E-state index is -2.50. The van der Waals surface area contributed by atoms with Crippen molar-refractivity contribution in [2.45, 2.75) is 0 Å².